The second-order valence-electron chi connectivity index (χ2n) is 4.24. The van der Waals surface area contributed by atoms with Crippen LogP contribution in [0.15, 0.2) is 12.1 Å². The number of aryl methyl sites for hydroxylation is 1. The molecule has 1 aliphatic heterocycles. The molecule has 1 aliphatic rings. The van der Waals surface area contributed by atoms with Crippen LogP contribution in [0, 0.1) is 12.7 Å². The molecule has 0 spiro atoms. The number of nitrogens with one attached hydrogen (secondary N) is 1. The van der Waals surface area contributed by atoms with E-state index in [0.29, 0.717) is 29.8 Å². The molecule has 1 unspecified atom stereocenters. The first-order valence-electron chi connectivity index (χ1n) is 5.84. The van der Waals surface area contributed by atoms with Gasteiger partial charge in [-0.25, -0.2) is 9.18 Å². The van der Waals surface area contributed by atoms with E-state index in [9.17, 15) is 9.18 Å². The monoisotopic (exact) mass is 253 g/mol. The van der Waals surface area contributed by atoms with Crippen LogP contribution in [0.3, 0.4) is 0 Å². The highest BCUT2D eigenvalue weighted by molar-refractivity contribution is 5.91. The molecule has 1 heterocycles. The highest BCUT2D eigenvalue weighted by Gasteiger charge is 2.22. The number of halogens is 1. The van der Waals surface area contributed by atoms with E-state index in [1.807, 2.05) is 0 Å². The molecule has 4 nitrogen and oxygen atoms in total. The van der Waals surface area contributed by atoms with Gasteiger partial charge in [0, 0.05) is 18.7 Å². The first-order chi connectivity index (χ1) is 8.63. The summed E-state index contributed by atoms with van der Waals surface area (Å²) in [6.45, 7) is 3.51. The molecule has 1 atom stereocenters. The second kappa shape index (κ2) is 5.46. The van der Waals surface area contributed by atoms with Crippen molar-refractivity contribution in [2.24, 2.45) is 0 Å². The van der Waals surface area contributed by atoms with Gasteiger partial charge < -0.3 is 14.8 Å². The summed E-state index contributed by atoms with van der Waals surface area (Å²) in [6, 6.07) is 2.87. The number of carbonyl (C=O) groups is 1. The Morgan fingerprint density at radius 1 is 1.56 bits per heavy atom. The Labute approximate surface area is 105 Å². The van der Waals surface area contributed by atoms with Gasteiger partial charge in [0.2, 0.25) is 0 Å². The second-order valence-corrected chi connectivity index (χ2v) is 4.24. The molecule has 0 amide bonds. The number of morpholine rings is 1. The minimum atomic E-state index is -0.461. The van der Waals surface area contributed by atoms with Crippen molar-refractivity contribution >= 4 is 5.97 Å². The lowest BCUT2D eigenvalue weighted by Crippen LogP contribution is -2.34. The zero-order valence-corrected chi connectivity index (χ0v) is 10.5. The smallest absolute Gasteiger partial charge is 0.338 e. The lowest BCUT2D eigenvalue weighted by Gasteiger charge is -2.24. The van der Waals surface area contributed by atoms with Crippen LogP contribution in [-0.4, -0.2) is 32.8 Å². The zero-order valence-electron chi connectivity index (χ0n) is 10.5. The zero-order chi connectivity index (χ0) is 13.1. The molecule has 1 aromatic carbocycles. The third kappa shape index (κ3) is 2.52. The van der Waals surface area contributed by atoms with Crippen molar-refractivity contribution < 1.29 is 18.7 Å². The van der Waals surface area contributed by atoms with Crippen molar-refractivity contribution in [3.05, 3.63) is 34.6 Å². The quantitative estimate of drug-likeness (QED) is 0.813. The summed E-state index contributed by atoms with van der Waals surface area (Å²) in [5.74, 6) is -0.814. The van der Waals surface area contributed by atoms with Gasteiger partial charge in [0.1, 0.15) is 5.82 Å². The number of benzene rings is 1. The maximum Gasteiger partial charge on any atom is 0.338 e. The fourth-order valence-corrected chi connectivity index (χ4v) is 2.03. The highest BCUT2D eigenvalue weighted by Crippen LogP contribution is 2.25. The van der Waals surface area contributed by atoms with Crippen LogP contribution >= 0.6 is 0 Å². The molecule has 1 N–H and O–H groups in total. The lowest BCUT2D eigenvalue weighted by atomic mass is 10.00. The van der Waals surface area contributed by atoms with E-state index in [0.717, 1.165) is 6.54 Å². The molecule has 1 saturated heterocycles. The van der Waals surface area contributed by atoms with Gasteiger partial charge in [0.05, 0.1) is 25.4 Å². The third-order valence-corrected chi connectivity index (χ3v) is 3.02. The number of hydrogen-bond donors (Lipinski definition) is 1. The van der Waals surface area contributed by atoms with Gasteiger partial charge in [0.15, 0.2) is 0 Å². The predicted octanol–water partition coefficient (Wildman–Crippen LogP) is 1.58. The molecule has 0 saturated carbocycles. The largest absolute Gasteiger partial charge is 0.465 e. The fourth-order valence-electron chi connectivity index (χ4n) is 2.03. The van der Waals surface area contributed by atoms with Gasteiger partial charge in [-0.15, -0.1) is 0 Å². The molecule has 18 heavy (non-hydrogen) atoms. The van der Waals surface area contributed by atoms with Crippen molar-refractivity contribution in [2.75, 3.05) is 26.8 Å². The Bertz CT molecular complexity index is 456. The Hall–Kier alpha value is -1.46. The molecule has 0 radical (unpaired) electrons. The molecule has 0 aliphatic carbocycles. The summed E-state index contributed by atoms with van der Waals surface area (Å²) in [7, 11) is 1.31. The summed E-state index contributed by atoms with van der Waals surface area (Å²) in [6.07, 6.45) is -0.359. The standard InChI is InChI=1S/C13H16FNO3/c1-8-5-11(14)10(6-9(8)13(16)17-2)12-7-15-3-4-18-12/h5-6,12,15H,3-4,7H2,1-2H3. The number of ether oxygens (including phenoxy) is 2. The lowest BCUT2D eigenvalue weighted by molar-refractivity contribution is 0.0254. The number of carbonyl (C=O) groups excluding carboxylic acids is 1. The van der Waals surface area contributed by atoms with E-state index in [1.165, 1.54) is 19.2 Å². The van der Waals surface area contributed by atoms with Crippen molar-refractivity contribution in [3.8, 4) is 0 Å². The molecular weight excluding hydrogens is 237 g/mol. The summed E-state index contributed by atoms with van der Waals surface area (Å²) in [5, 5.41) is 3.13. The molecular formula is C13H16FNO3. The average molecular weight is 253 g/mol. The van der Waals surface area contributed by atoms with E-state index in [4.69, 9.17) is 4.74 Å². The van der Waals surface area contributed by atoms with Crippen LogP contribution in [0.4, 0.5) is 4.39 Å². The van der Waals surface area contributed by atoms with E-state index in [-0.39, 0.29) is 11.9 Å². The Morgan fingerprint density at radius 2 is 2.33 bits per heavy atom. The van der Waals surface area contributed by atoms with Crippen molar-refractivity contribution in [2.45, 2.75) is 13.0 Å². The normalized spacial score (nSPS) is 19.6. The maximum atomic E-state index is 13.9. The number of rotatable bonds is 2. The maximum absolute atomic E-state index is 13.9. The Morgan fingerprint density at radius 3 is 2.94 bits per heavy atom. The number of methoxy groups -OCH3 is 1. The number of hydrogen-bond acceptors (Lipinski definition) is 4. The van der Waals surface area contributed by atoms with E-state index >= 15 is 0 Å². The van der Waals surface area contributed by atoms with Crippen molar-refractivity contribution in [1.29, 1.82) is 0 Å². The van der Waals surface area contributed by atoms with Crippen LogP contribution in [0.1, 0.15) is 27.6 Å². The minimum absolute atomic E-state index is 0.353. The van der Waals surface area contributed by atoms with Crippen LogP contribution in [0.5, 0.6) is 0 Å². The summed E-state index contributed by atoms with van der Waals surface area (Å²) in [4.78, 5) is 11.6. The SMILES string of the molecule is COC(=O)c1cc(C2CNCCO2)c(F)cc1C. The molecule has 2 rings (SSSR count). The topological polar surface area (TPSA) is 47.6 Å². The van der Waals surface area contributed by atoms with Crippen molar-refractivity contribution in [3.63, 3.8) is 0 Å². The summed E-state index contributed by atoms with van der Waals surface area (Å²) >= 11 is 0. The van der Waals surface area contributed by atoms with Crippen LogP contribution in [-0.2, 0) is 9.47 Å². The minimum Gasteiger partial charge on any atom is -0.465 e. The van der Waals surface area contributed by atoms with Gasteiger partial charge in [0.25, 0.3) is 0 Å². The third-order valence-electron chi connectivity index (χ3n) is 3.02. The van der Waals surface area contributed by atoms with Crippen LogP contribution in [0.25, 0.3) is 0 Å². The Balaban J connectivity index is 2.37. The van der Waals surface area contributed by atoms with Crippen molar-refractivity contribution in [1.82, 2.24) is 5.32 Å². The summed E-state index contributed by atoms with van der Waals surface area (Å²) < 4.78 is 24.1. The highest BCUT2D eigenvalue weighted by atomic mass is 19.1. The first-order valence-corrected chi connectivity index (χ1v) is 5.84. The van der Waals surface area contributed by atoms with E-state index in [1.54, 1.807) is 6.92 Å². The molecule has 98 valence electrons. The molecule has 0 aromatic heterocycles. The fraction of sp³-hybridized carbons (Fsp3) is 0.462. The molecule has 0 bridgehead atoms. The first kappa shape index (κ1) is 13.0. The Kier molecular flexibility index (Phi) is 3.93. The van der Waals surface area contributed by atoms with E-state index in [2.05, 4.69) is 10.1 Å². The van der Waals surface area contributed by atoms with Gasteiger partial charge >= 0.3 is 5.97 Å². The van der Waals surface area contributed by atoms with Crippen LogP contribution in [0.2, 0.25) is 0 Å². The molecule has 1 fully saturated rings. The van der Waals surface area contributed by atoms with Gasteiger partial charge in [-0.3, -0.25) is 0 Å². The average Bonchev–Trinajstić information content (AvgIpc) is 2.39. The van der Waals surface area contributed by atoms with Crippen LogP contribution < -0.4 is 5.32 Å². The predicted molar refractivity (Wildman–Crippen MR) is 64.0 cm³/mol. The van der Waals surface area contributed by atoms with E-state index < -0.39 is 5.97 Å². The molecule has 5 heteroatoms. The summed E-state index contributed by atoms with van der Waals surface area (Å²) in [5.41, 5.74) is 1.34. The number of esters is 1. The molecule has 1 aromatic rings. The van der Waals surface area contributed by atoms with Gasteiger partial charge in [-0.1, -0.05) is 0 Å². The van der Waals surface area contributed by atoms with Gasteiger partial charge in [-0.2, -0.15) is 0 Å². The van der Waals surface area contributed by atoms with Gasteiger partial charge in [-0.05, 0) is 24.6 Å².